The van der Waals surface area contributed by atoms with Gasteiger partial charge < -0.3 is 10.3 Å². The highest BCUT2D eigenvalue weighted by atomic mass is 32.2. The van der Waals surface area contributed by atoms with Gasteiger partial charge in [-0.15, -0.1) is 0 Å². The van der Waals surface area contributed by atoms with E-state index in [4.69, 9.17) is 5.26 Å². The van der Waals surface area contributed by atoms with Crippen LogP contribution in [0.5, 0.6) is 0 Å². The van der Waals surface area contributed by atoms with Gasteiger partial charge in [0.15, 0.2) is 0 Å². The summed E-state index contributed by atoms with van der Waals surface area (Å²) in [6.45, 7) is 0. The molecule has 0 radical (unpaired) electrons. The Morgan fingerprint density at radius 2 is 1.91 bits per heavy atom. The number of nitrogens with one attached hydrogen (secondary N) is 3. The topological polar surface area (TPSA) is 111 Å². The standard InChI is InChI=1S/C15H13N5O2S/c1-23(21,22)20-12-6-3-5-11(8-12)17-15-18-13-7-2-4-10(9-16)14(13)19-15/h2-8,20H,1H3,(H2,17,18,19). The minimum Gasteiger partial charge on any atom is -0.326 e. The van der Waals surface area contributed by atoms with E-state index in [0.29, 0.717) is 28.4 Å². The smallest absolute Gasteiger partial charge is 0.229 e. The van der Waals surface area contributed by atoms with Crippen LogP contribution in [-0.2, 0) is 10.0 Å². The minimum absolute atomic E-state index is 0.450. The van der Waals surface area contributed by atoms with Crippen LogP contribution in [0.3, 0.4) is 0 Å². The van der Waals surface area contributed by atoms with E-state index in [9.17, 15) is 8.42 Å². The van der Waals surface area contributed by atoms with Crippen molar-refractivity contribution in [3.05, 3.63) is 48.0 Å². The molecule has 0 spiro atoms. The second-order valence-electron chi connectivity index (χ2n) is 4.98. The number of sulfonamides is 1. The molecule has 0 amide bonds. The van der Waals surface area contributed by atoms with Crippen LogP contribution in [0.2, 0.25) is 0 Å². The Morgan fingerprint density at radius 3 is 2.65 bits per heavy atom. The van der Waals surface area contributed by atoms with E-state index in [0.717, 1.165) is 11.8 Å². The van der Waals surface area contributed by atoms with Crippen LogP contribution in [0.1, 0.15) is 5.56 Å². The summed E-state index contributed by atoms with van der Waals surface area (Å²) in [7, 11) is -3.33. The fourth-order valence-electron chi connectivity index (χ4n) is 2.19. The van der Waals surface area contributed by atoms with Gasteiger partial charge in [-0.25, -0.2) is 13.4 Å². The minimum atomic E-state index is -3.33. The Bertz CT molecular complexity index is 1020. The number of H-pyrrole nitrogens is 1. The lowest BCUT2D eigenvalue weighted by atomic mass is 10.2. The molecular weight excluding hydrogens is 314 g/mol. The molecule has 2 aromatic carbocycles. The summed E-state index contributed by atoms with van der Waals surface area (Å²) < 4.78 is 25.0. The molecule has 3 aromatic rings. The number of aromatic nitrogens is 2. The van der Waals surface area contributed by atoms with Crippen LogP contribution in [0.4, 0.5) is 17.3 Å². The first-order chi connectivity index (χ1) is 10.9. The number of anilines is 3. The second-order valence-corrected chi connectivity index (χ2v) is 6.73. The molecular formula is C15H13N5O2S. The summed E-state index contributed by atoms with van der Waals surface area (Å²) in [6.07, 6.45) is 1.09. The van der Waals surface area contributed by atoms with Crippen molar-refractivity contribution < 1.29 is 8.42 Å². The molecule has 23 heavy (non-hydrogen) atoms. The van der Waals surface area contributed by atoms with Gasteiger partial charge in [0.25, 0.3) is 0 Å². The van der Waals surface area contributed by atoms with Gasteiger partial charge in [0.2, 0.25) is 16.0 Å². The number of hydrogen-bond donors (Lipinski definition) is 3. The third-order valence-electron chi connectivity index (χ3n) is 3.06. The zero-order chi connectivity index (χ0) is 16.4. The number of benzene rings is 2. The van der Waals surface area contributed by atoms with E-state index >= 15 is 0 Å². The maximum atomic E-state index is 11.3. The maximum absolute atomic E-state index is 11.3. The molecule has 0 saturated heterocycles. The number of fused-ring (bicyclic) bond motifs is 1. The van der Waals surface area contributed by atoms with Crippen LogP contribution >= 0.6 is 0 Å². The van der Waals surface area contributed by atoms with Gasteiger partial charge >= 0.3 is 0 Å². The summed E-state index contributed by atoms with van der Waals surface area (Å²) >= 11 is 0. The summed E-state index contributed by atoms with van der Waals surface area (Å²) in [5, 5.41) is 12.1. The SMILES string of the molecule is CS(=O)(=O)Nc1cccc(Nc2nc3c(C#N)cccc3[nH]2)c1. The molecule has 0 fully saturated rings. The first-order valence-electron chi connectivity index (χ1n) is 6.68. The lowest BCUT2D eigenvalue weighted by Gasteiger charge is -2.07. The highest BCUT2D eigenvalue weighted by Crippen LogP contribution is 2.22. The summed E-state index contributed by atoms with van der Waals surface area (Å²) in [5.74, 6) is 0.471. The van der Waals surface area contributed by atoms with Crippen molar-refractivity contribution in [3.63, 3.8) is 0 Å². The highest BCUT2D eigenvalue weighted by molar-refractivity contribution is 7.92. The monoisotopic (exact) mass is 327 g/mol. The normalized spacial score (nSPS) is 11.1. The van der Waals surface area contributed by atoms with E-state index in [2.05, 4.69) is 26.1 Å². The van der Waals surface area contributed by atoms with Crippen molar-refractivity contribution >= 4 is 38.4 Å². The Hall–Kier alpha value is -3.05. The molecule has 0 unspecified atom stereocenters. The van der Waals surface area contributed by atoms with Crippen molar-refractivity contribution in [3.8, 4) is 6.07 Å². The molecule has 1 heterocycles. The van der Waals surface area contributed by atoms with Crippen molar-refractivity contribution in [1.82, 2.24) is 9.97 Å². The van der Waals surface area contributed by atoms with Crippen molar-refractivity contribution in [2.24, 2.45) is 0 Å². The van der Waals surface area contributed by atoms with Gasteiger partial charge in [-0.1, -0.05) is 12.1 Å². The number of nitriles is 1. The van der Waals surface area contributed by atoms with Gasteiger partial charge in [-0.05, 0) is 30.3 Å². The van der Waals surface area contributed by atoms with E-state index in [-0.39, 0.29) is 0 Å². The summed E-state index contributed by atoms with van der Waals surface area (Å²) in [4.78, 5) is 7.43. The zero-order valence-electron chi connectivity index (χ0n) is 12.2. The summed E-state index contributed by atoms with van der Waals surface area (Å²) in [6, 6.07) is 14.2. The van der Waals surface area contributed by atoms with Crippen LogP contribution in [-0.4, -0.2) is 24.6 Å². The van der Waals surface area contributed by atoms with Crippen LogP contribution in [0.15, 0.2) is 42.5 Å². The first kappa shape index (κ1) is 14.9. The molecule has 3 N–H and O–H groups in total. The number of nitrogens with zero attached hydrogens (tertiary/aromatic N) is 2. The third-order valence-corrected chi connectivity index (χ3v) is 3.67. The Balaban J connectivity index is 1.91. The van der Waals surface area contributed by atoms with Crippen LogP contribution in [0.25, 0.3) is 11.0 Å². The molecule has 0 aliphatic heterocycles. The second kappa shape index (κ2) is 5.62. The van der Waals surface area contributed by atoms with E-state index in [1.165, 1.54) is 0 Å². The number of hydrogen-bond acceptors (Lipinski definition) is 5. The predicted molar refractivity (Wildman–Crippen MR) is 89.0 cm³/mol. The highest BCUT2D eigenvalue weighted by Gasteiger charge is 2.08. The molecule has 1 aromatic heterocycles. The zero-order valence-corrected chi connectivity index (χ0v) is 13.0. The van der Waals surface area contributed by atoms with Crippen molar-refractivity contribution in [1.29, 1.82) is 5.26 Å². The molecule has 8 heteroatoms. The van der Waals surface area contributed by atoms with Crippen LogP contribution in [0, 0.1) is 11.3 Å². The molecule has 0 aliphatic carbocycles. The lowest BCUT2D eigenvalue weighted by molar-refractivity contribution is 0.607. The molecule has 116 valence electrons. The lowest BCUT2D eigenvalue weighted by Crippen LogP contribution is -2.09. The largest absolute Gasteiger partial charge is 0.326 e. The number of rotatable bonds is 4. The molecule has 0 atom stereocenters. The molecule has 0 bridgehead atoms. The van der Waals surface area contributed by atoms with E-state index in [1.807, 2.05) is 6.07 Å². The molecule has 0 saturated carbocycles. The van der Waals surface area contributed by atoms with Gasteiger partial charge in [-0.3, -0.25) is 4.72 Å². The van der Waals surface area contributed by atoms with Gasteiger partial charge in [0.05, 0.1) is 23.0 Å². The Labute approximate surface area is 133 Å². The molecule has 0 aliphatic rings. The average Bonchev–Trinajstić information content (AvgIpc) is 2.87. The van der Waals surface area contributed by atoms with Crippen molar-refractivity contribution in [2.45, 2.75) is 0 Å². The van der Waals surface area contributed by atoms with E-state index < -0.39 is 10.0 Å². The quantitative estimate of drug-likeness (QED) is 0.682. The number of imidazole rings is 1. The maximum Gasteiger partial charge on any atom is 0.229 e. The summed E-state index contributed by atoms with van der Waals surface area (Å²) in [5.41, 5.74) is 2.93. The Kier molecular flexibility index (Phi) is 3.64. The van der Waals surface area contributed by atoms with Gasteiger partial charge in [0, 0.05) is 5.69 Å². The number of aromatic amines is 1. The van der Waals surface area contributed by atoms with E-state index in [1.54, 1.807) is 36.4 Å². The molecule has 3 rings (SSSR count). The predicted octanol–water partition coefficient (Wildman–Crippen LogP) is 2.55. The van der Waals surface area contributed by atoms with Gasteiger partial charge in [-0.2, -0.15) is 5.26 Å². The van der Waals surface area contributed by atoms with Crippen LogP contribution < -0.4 is 10.0 Å². The number of para-hydroxylation sites is 1. The van der Waals surface area contributed by atoms with Gasteiger partial charge in [0.1, 0.15) is 11.6 Å². The fraction of sp³-hybridized carbons (Fsp3) is 0.0667. The molecule has 7 nitrogen and oxygen atoms in total. The van der Waals surface area contributed by atoms with Crippen molar-refractivity contribution in [2.75, 3.05) is 16.3 Å². The fourth-order valence-corrected chi connectivity index (χ4v) is 2.75. The first-order valence-corrected chi connectivity index (χ1v) is 8.57. The average molecular weight is 327 g/mol. The third kappa shape index (κ3) is 3.41. The Morgan fingerprint density at radius 1 is 1.17 bits per heavy atom.